The Labute approximate surface area is 122 Å². The molecule has 1 amide bonds. The van der Waals surface area contributed by atoms with Gasteiger partial charge < -0.3 is 5.73 Å². The van der Waals surface area contributed by atoms with E-state index in [1.165, 1.54) is 11.1 Å². The van der Waals surface area contributed by atoms with E-state index in [0.29, 0.717) is 29.9 Å². The third kappa shape index (κ3) is 2.47. The fourth-order valence-corrected chi connectivity index (χ4v) is 2.37. The maximum atomic E-state index is 11.8. The summed E-state index contributed by atoms with van der Waals surface area (Å²) in [6, 6.07) is 5.45. The molecule has 106 valence electrons. The molecule has 2 aromatic rings. The monoisotopic (exact) mass is 281 g/mol. The number of hydrogen-bond donors (Lipinski definition) is 2. The van der Waals surface area contributed by atoms with Crippen LogP contribution in [0, 0.1) is 5.41 Å². The average Bonchev–Trinajstić information content (AvgIpc) is 2.94. The molecule has 6 heteroatoms. The molecule has 1 saturated heterocycles. The van der Waals surface area contributed by atoms with E-state index in [9.17, 15) is 4.79 Å². The van der Waals surface area contributed by atoms with Gasteiger partial charge in [-0.1, -0.05) is 0 Å². The first-order valence-corrected chi connectivity index (χ1v) is 6.72. The van der Waals surface area contributed by atoms with Gasteiger partial charge in [0.1, 0.15) is 5.84 Å². The van der Waals surface area contributed by atoms with Crippen molar-refractivity contribution >= 4 is 17.4 Å². The summed E-state index contributed by atoms with van der Waals surface area (Å²) in [5, 5.41) is 8.24. The van der Waals surface area contributed by atoms with Crippen LogP contribution < -0.4 is 5.73 Å². The molecule has 0 aromatic carbocycles. The third-order valence-electron chi connectivity index (χ3n) is 3.49. The fourth-order valence-electron chi connectivity index (χ4n) is 2.37. The minimum Gasteiger partial charge on any atom is -0.397 e. The summed E-state index contributed by atoms with van der Waals surface area (Å²) in [4.78, 5) is 21.6. The van der Waals surface area contributed by atoms with Crippen LogP contribution in [0.25, 0.3) is 11.3 Å². The Hall–Kier alpha value is -2.76. The highest BCUT2D eigenvalue weighted by Gasteiger charge is 2.26. The number of nitrogens with two attached hydrogens (primary N) is 1. The van der Waals surface area contributed by atoms with Gasteiger partial charge in [-0.15, -0.1) is 0 Å². The van der Waals surface area contributed by atoms with E-state index in [0.717, 1.165) is 12.0 Å². The van der Waals surface area contributed by atoms with E-state index in [2.05, 4.69) is 9.97 Å². The Morgan fingerprint density at radius 2 is 2.24 bits per heavy atom. The molecule has 0 spiro atoms. The Morgan fingerprint density at radius 1 is 1.38 bits per heavy atom. The van der Waals surface area contributed by atoms with Crippen molar-refractivity contribution in [3.05, 3.63) is 42.4 Å². The van der Waals surface area contributed by atoms with Crippen molar-refractivity contribution in [2.24, 2.45) is 0 Å². The molecule has 1 fully saturated rings. The number of anilines is 1. The van der Waals surface area contributed by atoms with Gasteiger partial charge in [-0.2, -0.15) is 0 Å². The first kappa shape index (κ1) is 13.2. The Balaban J connectivity index is 1.99. The SMILES string of the molecule is N=C(c1cc(-c2cccnc2)ncc1N)N1CCCC1=O. The predicted octanol–water partition coefficient (Wildman–Crippen LogP) is 1.67. The number of nitrogens with zero attached hydrogens (tertiary/aromatic N) is 3. The number of rotatable bonds is 2. The minimum atomic E-state index is -0.0286. The standard InChI is InChI=1S/C15H15N5O/c16-12-9-19-13(10-3-1-5-18-8-10)7-11(12)15(17)20-6-2-4-14(20)21/h1,3,5,7-9,17H,2,4,6,16H2. The van der Waals surface area contributed by atoms with Crippen LogP contribution in [0.3, 0.4) is 0 Å². The number of nitrogens with one attached hydrogen (secondary N) is 1. The van der Waals surface area contributed by atoms with Crippen LogP contribution in [0.15, 0.2) is 36.8 Å². The summed E-state index contributed by atoms with van der Waals surface area (Å²) in [5.74, 6) is 0.113. The lowest BCUT2D eigenvalue weighted by Gasteiger charge is -2.18. The lowest BCUT2D eigenvalue weighted by atomic mass is 10.1. The summed E-state index contributed by atoms with van der Waals surface area (Å²) >= 11 is 0. The zero-order valence-corrected chi connectivity index (χ0v) is 11.4. The first-order valence-electron chi connectivity index (χ1n) is 6.72. The molecule has 1 aliphatic rings. The van der Waals surface area contributed by atoms with Crippen molar-refractivity contribution in [1.82, 2.24) is 14.9 Å². The molecule has 0 bridgehead atoms. The van der Waals surface area contributed by atoms with Crippen LogP contribution in [0.5, 0.6) is 0 Å². The Bertz CT molecular complexity index is 698. The average molecular weight is 281 g/mol. The summed E-state index contributed by atoms with van der Waals surface area (Å²) < 4.78 is 0. The molecule has 1 aliphatic heterocycles. The molecule has 3 rings (SSSR count). The van der Waals surface area contributed by atoms with Crippen molar-refractivity contribution in [3.8, 4) is 11.3 Å². The zero-order chi connectivity index (χ0) is 14.8. The molecule has 2 aromatic heterocycles. The smallest absolute Gasteiger partial charge is 0.228 e. The van der Waals surface area contributed by atoms with Gasteiger partial charge in [-0.25, -0.2) is 0 Å². The number of likely N-dealkylation sites (tertiary alicyclic amines) is 1. The van der Waals surface area contributed by atoms with Crippen molar-refractivity contribution in [2.75, 3.05) is 12.3 Å². The van der Waals surface area contributed by atoms with Crippen LogP contribution in [0.2, 0.25) is 0 Å². The molecule has 0 unspecified atom stereocenters. The second-order valence-corrected chi connectivity index (χ2v) is 4.90. The summed E-state index contributed by atoms with van der Waals surface area (Å²) in [7, 11) is 0. The van der Waals surface area contributed by atoms with Crippen molar-refractivity contribution in [1.29, 1.82) is 5.41 Å². The fraction of sp³-hybridized carbons (Fsp3) is 0.200. The summed E-state index contributed by atoms with van der Waals surface area (Å²) in [5.41, 5.74) is 8.38. The molecular formula is C15H15N5O. The molecule has 0 saturated carbocycles. The largest absolute Gasteiger partial charge is 0.397 e. The van der Waals surface area contributed by atoms with Gasteiger partial charge in [-0.3, -0.25) is 25.1 Å². The van der Waals surface area contributed by atoms with Gasteiger partial charge in [0.2, 0.25) is 5.91 Å². The number of hydrogen-bond acceptors (Lipinski definition) is 5. The van der Waals surface area contributed by atoms with Crippen LogP contribution in [0.4, 0.5) is 5.69 Å². The number of nitrogen functional groups attached to an aromatic ring is 1. The Kier molecular flexibility index (Phi) is 3.35. The first-order chi connectivity index (χ1) is 10.2. The molecule has 3 heterocycles. The van der Waals surface area contributed by atoms with Crippen molar-refractivity contribution < 1.29 is 4.79 Å². The van der Waals surface area contributed by atoms with E-state index in [1.54, 1.807) is 18.5 Å². The van der Waals surface area contributed by atoms with Gasteiger partial charge in [0.15, 0.2) is 0 Å². The lowest BCUT2D eigenvalue weighted by Crippen LogP contribution is -2.32. The van der Waals surface area contributed by atoms with Crippen LogP contribution in [0.1, 0.15) is 18.4 Å². The van der Waals surface area contributed by atoms with E-state index >= 15 is 0 Å². The van der Waals surface area contributed by atoms with Gasteiger partial charge in [0, 0.05) is 36.5 Å². The van der Waals surface area contributed by atoms with Crippen molar-refractivity contribution in [2.45, 2.75) is 12.8 Å². The second kappa shape index (κ2) is 5.32. The van der Waals surface area contributed by atoms with E-state index in [4.69, 9.17) is 11.1 Å². The lowest BCUT2D eigenvalue weighted by molar-refractivity contribution is -0.124. The van der Waals surface area contributed by atoms with Gasteiger partial charge >= 0.3 is 0 Å². The molecule has 3 N–H and O–H groups in total. The van der Waals surface area contributed by atoms with Gasteiger partial charge in [0.05, 0.1) is 17.6 Å². The highest BCUT2D eigenvalue weighted by molar-refractivity contribution is 6.10. The highest BCUT2D eigenvalue weighted by atomic mass is 16.2. The molecule has 0 atom stereocenters. The highest BCUT2D eigenvalue weighted by Crippen LogP contribution is 2.23. The van der Waals surface area contributed by atoms with Crippen LogP contribution in [-0.4, -0.2) is 33.2 Å². The number of carbonyl (C=O) groups is 1. The van der Waals surface area contributed by atoms with Crippen LogP contribution in [-0.2, 0) is 4.79 Å². The zero-order valence-electron chi connectivity index (χ0n) is 11.4. The Morgan fingerprint density at radius 3 is 2.90 bits per heavy atom. The van der Waals surface area contributed by atoms with Gasteiger partial charge in [0.25, 0.3) is 0 Å². The number of pyridine rings is 2. The quantitative estimate of drug-likeness (QED) is 0.646. The minimum absolute atomic E-state index is 0.0286. The van der Waals surface area contributed by atoms with Crippen molar-refractivity contribution in [3.63, 3.8) is 0 Å². The van der Waals surface area contributed by atoms with E-state index in [-0.39, 0.29) is 11.7 Å². The summed E-state index contributed by atoms with van der Waals surface area (Å²) in [6.07, 6.45) is 6.18. The third-order valence-corrected chi connectivity index (χ3v) is 3.49. The maximum Gasteiger partial charge on any atom is 0.228 e. The molecule has 0 aliphatic carbocycles. The second-order valence-electron chi connectivity index (χ2n) is 4.90. The molecular weight excluding hydrogens is 266 g/mol. The number of amidine groups is 1. The topological polar surface area (TPSA) is 96.0 Å². The number of carbonyl (C=O) groups excluding carboxylic acids is 1. The predicted molar refractivity (Wildman–Crippen MR) is 79.7 cm³/mol. The summed E-state index contributed by atoms with van der Waals surface area (Å²) in [6.45, 7) is 0.571. The molecule has 21 heavy (non-hydrogen) atoms. The molecule has 0 radical (unpaired) electrons. The van der Waals surface area contributed by atoms with Gasteiger partial charge in [-0.05, 0) is 24.6 Å². The number of aromatic nitrogens is 2. The number of amides is 1. The maximum absolute atomic E-state index is 11.8. The van der Waals surface area contributed by atoms with E-state index < -0.39 is 0 Å². The normalized spacial score (nSPS) is 14.5. The van der Waals surface area contributed by atoms with E-state index in [1.807, 2.05) is 12.1 Å². The van der Waals surface area contributed by atoms with Crippen LogP contribution >= 0.6 is 0 Å². The molecule has 6 nitrogen and oxygen atoms in total.